The lowest BCUT2D eigenvalue weighted by molar-refractivity contribution is -0.274. The number of carbonyl (C=O) groups is 1. The molecule has 1 N–H and O–H groups in total. The van der Waals surface area contributed by atoms with Crippen LogP contribution >= 0.6 is 0 Å². The van der Waals surface area contributed by atoms with Gasteiger partial charge in [-0.3, -0.25) is 4.79 Å². The van der Waals surface area contributed by atoms with Crippen LogP contribution in [0.15, 0.2) is 48.5 Å². The molecule has 1 aliphatic carbocycles. The monoisotopic (exact) mass is 381 g/mol. The van der Waals surface area contributed by atoms with Crippen LogP contribution in [0.2, 0.25) is 0 Å². The van der Waals surface area contributed by atoms with Crippen LogP contribution in [-0.4, -0.2) is 12.3 Å². The van der Waals surface area contributed by atoms with Gasteiger partial charge in [0.25, 0.3) is 0 Å². The molecule has 0 spiro atoms. The highest BCUT2D eigenvalue weighted by Gasteiger charge is 2.46. The molecule has 3 rings (SSSR count). The van der Waals surface area contributed by atoms with E-state index in [0.717, 1.165) is 5.56 Å². The maximum Gasteiger partial charge on any atom is 0.573 e. The van der Waals surface area contributed by atoms with Gasteiger partial charge in [0.1, 0.15) is 11.6 Å². The summed E-state index contributed by atoms with van der Waals surface area (Å²) in [6, 6.07) is 11.7. The number of benzene rings is 2. The maximum absolute atomic E-state index is 13.0. The van der Waals surface area contributed by atoms with Crippen LogP contribution in [0.5, 0.6) is 5.75 Å². The first-order chi connectivity index (χ1) is 12.7. The Morgan fingerprint density at radius 2 is 1.85 bits per heavy atom. The Hall–Kier alpha value is -2.57. The Kier molecular flexibility index (Phi) is 5.13. The molecule has 0 bridgehead atoms. The van der Waals surface area contributed by atoms with E-state index in [1.807, 2.05) is 6.92 Å². The second kappa shape index (κ2) is 7.21. The molecule has 2 aromatic rings. The van der Waals surface area contributed by atoms with E-state index in [9.17, 15) is 22.4 Å². The largest absolute Gasteiger partial charge is 0.573 e. The van der Waals surface area contributed by atoms with Crippen molar-refractivity contribution in [1.82, 2.24) is 5.32 Å². The normalized spacial score (nSPS) is 16.5. The summed E-state index contributed by atoms with van der Waals surface area (Å²) in [4.78, 5) is 12.4. The van der Waals surface area contributed by atoms with Crippen LogP contribution in [0.4, 0.5) is 17.6 Å². The van der Waals surface area contributed by atoms with Crippen molar-refractivity contribution in [2.75, 3.05) is 0 Å². The number of rotatable bonds is 6. The molecule has 0 heterocycles. The minimum atomic E-state index is -4.76. The number of hydrogen-bond donors (Lipinski definition) is 1. The van der Waals surface area contributed by atoms with Gasteiger partial charge in [-0.15, -0.1) is 13.2 Å². The minimum Gasteiger partial charge on any atom is -0.406 e. The number of carbonyl (C=O) groups excluding carboxylic acids is 1. The zero-order valence-corrected chi connectivity index (χ0v) is 14.6. The number of amides is 1. The van der Waals surface area contributed by atoms with Gasteiger partial charge in [0, 0.05) is 6.42 Å². The van der Waals surface area contributed by atoms with Crippen LogP contribution in [0.1, 0.15) is 43.2 Å². The average Bonchev–Trinajstić information content (AvgIpc) is 3.34. The summed E-state index contributed by atoms with van der Waals surface area (Å²) in [5.41, 5.74) is 0.786. The molecule has 27 heavy (non-hydrogen) atoms. The number of ether oxygens (including phenoxy) is 1. The van der Waals surface area contributed by atoms with Crippen molar-refractivity contribution in [2.24, 2.45) is 0 Å². The van der Waals surface area contributed by atoms with Gasteiger partial charge >= 0.3 is 6.36 Å². The summed E-state index contributed by atoms with van der Waals surface area (Å²) in [6.07, 6.45) is -3.26. The van der Waals surface area contributed by atoms with Crippen LogP contribution in [-0.2, 0) is 10.3 Å². The maximum atomic E-state index is 13.0. The zero-order valence-electron chi connectivity index (χ0n) is 14.6. The number of halogens is 4. The number of nitrogens with one attached hydrogen (secondary N) is 1. The summed E-state index contributed by atoms with van der Waals surface area (Å²) < 4.78 is 54.2. The van der Waals surface area contributed by atoms with E-state index >= 15 is 0 Å². The van der Waals surface area contributed by atoms with Crippen LogP contribution < -0.4 is 10.1 Å². The lowest BCUT2D eigenvalue weighted by Gasteiger charge is -2.21. The highest BCUT2D eigenvalue weighted by Crippen LogP contribution is 2.46. The molecule has 0 unspecified atom stereocenters. The lowest BCUT2D eigenvalue weighted by atomic mass is 9.96. The fourth-order valence-corrected chi connectivity index (χ4v) is 3.11. The molecule has 144 valence electrons. The SMILES string of the molecule is C[C@@H](CC(=O)NC1(c2cccc(OC(F)(F)F)c2)CC1)c1ccc(F)cc1. The first kappa shape index (κ1) is 19.2. The first-order valence-electron chi connectivity index (χ1n) is 8.60. The van der Waals surface area contributed by atoms with E-state index in [0.29, 0.717) is 18.4 Å². The van der Waals surface area contributed by atoms with Crippen molar-refractivity contribution < 1.29 is 27.1 Å². The van der Waals surface area contributed by atoms with Gasteiger partial charge in [0.05, 0.1) is 5.54 Å². The van der Waals surface area contributed by atoms with E-state index in [4.69, 9.17) is 0 Å². The van der Waals surface area contributed by atoms with Gasteiger partial charge < -0.3 is 10.1 Å². The van der Waals surface area contributed by atoms with Crippen LogP contribution in [0.25, 0.3) is 0 Å². The lowest BCUT2D eigenvalue weighted by Crippen LogP contribution is -2.35. The number of hydrogen-bond acceptors (Lipinski definition) is 2. The Morgan fingerprint density at radius 1 is 1.19 bits per heavy atom. The quantitative estimate of drug-likeness (QED) is 0.714. The third-order valence-corrected chi connectivity index (χ3v) is 4.68. The Labute approximate surface area is 154 Å². The van der Waals surface area contributed by atoms with E-state index in [2.05, 4.69) is 10.1 Å². The Balaban J connectivity index is 1.65. The van der Waals surface area contributed by atoms with Crippen LogP contribution in [0.3, 0.4) is 0 Å². The third-order valence-electron chi connectivity index (χ3n) is 4.68. The number of alkyl halides is 3. The second-order valence-electron chi connectivity index (χ2n) is 6.86. The highest BCUT2D eigenvalue weighted by molar-refractivity contribution is 5.78. The standard InChI is InChI=1S/C20H19F4NO2/c1-13(14-5-7-16(21)8-6-14)11-18(26)25-19(9-10-19)15-3-2-4-17(12-15)27-20(22,23)24/h2-8,12-13H,9-11H2,1H3,(H,25,26)/t13-/m0/s1. The van der Waals surface area contributed by atoms with Crippen molar-refractivity contribution >= 4 is 5.91 Å². The van der Waals surface area contributed by atoms with E-state index in [-0.39, 0.29) is 29.8 Å². The predicted octanol–water partition coefficient (Wildman–Crippen LogP) is 5.02. The summed E-state index contributed by atoms with van der Waals surface area (Å²) in [5, 5.41) is 2.94. The predicted molar refractivity (Wildman–Crippen MR) is 91.6 cm³/mol. The van der Waals surface area contributed by atoms with E-state index in [1.165, 1.54) is 30.3 Å². The van der Waals surface area contributed by atoms with Gasteiger partial charge in [-0.25, -0.2) is 4.39 Å². The average molecular weight is 381 g/mol. The Bertz CT molecular complexity index is 813. The molecule has 0 aliphatic heterocycles. The molecule has 0 aromatic heterocycles. The highest BCUT2D eigenvalue weighted by atomic mass is 19.4. The van der Waals surface area contributed by atoms with Crippen molar-refractivity contribution in [3.8, 4) is 5.75 Å². The Morgan fingerprint density at radius 3 is 2.44 bits per heavy atom. The summed E-state index contributed by atoms with van der Waals surface area (Å²) in [6.45, 7) is 1.87. The molecule has 0 saturated heterocycles. The molecular weight excluding hydrogens is 362 g/mol. The minimum absolute atomic E-state index is 0.110. The molecule has 2 aromatic carbocycles. The van der Waals surface area contributed by atoms with E-state index < -0.39 is 11.9 Å². The summed E-state index contributed by atoms with van der Waals surface area (Å²) >= 11 is 0. The molecule has 3 nitrogen and oxygen atoms in total. The topological polar surface area (TPSA) is 38.3 Å². The molecule has 1 saturated carbocycles. The molecule has 7 heteroatoms. The summed E-state index contributed by atoms with van der Waals surface area (Å²) in [7, 11) is 0. The molecule has 1 aliphatic rings. The molecule has 0 radical (unpaired) electrons. The summed E-state index contributed by atoms with van der Waals surface area (Å²) in [5.74, 6) is -0.957. The van der Waals surface area contributed by atoms with Gasteiger partial charge in [-0.2, -0.15) is 0 Å². The van der Waals surface area contributed by atoms with Crippen molar-refractivity contribution in [3.05, 3.63) is 65.5 Å². The van der Waals surface area contributed by atoms with Gasteiger partial charge in [-0.05, 0) is 54.2 Å². The molecular formula is C20H19F4NO2. The molecule has 1 atom stereocenters. The molecule has 1 amide bonds. The first-order valence-corrected chi connectivity index (χ1v) is 8.60. The van der Waals surface area contributed by atoms with Gasteiger partial charge in [0.15, 0.2) is 0 Å². The fourth-order valence-electron chi connectivity index (χ4n) is 3.11. The fraction of sp³-hybridized carbons (Fsp3) is 0.350. The van der Waals surface area contributed by atoms with Crippen molar-refractivity contribution in [3.63, 3.8) is 0 Å². The van der Waals surface area contributed by atoms with Gasteiger partial charge in [-0.1, -0.05) is 31.2 Å². The molecule has 1 fully saturated rings. The van der Waals surface area contributed by atoms with Gasteiger partial charge in [0.2, 0.25) is 5.91 Å². The smallest absolute Gasteiger partial charge is 0.406 e. The van der Waals surface area contributed by atoms with E-state index in [1.54, 1.807) is 18.2 Å². The zero-order chi connectivity index (χ0) is 19.7. The van der Waals surface area contributed by atoms with Crippen molar-refractivity contribution in [2.45, 2.75) is 44.0 Å². The van der Waals surface area contributed by atoms with Crippen LogP contribution in [0, 0.1) is 5.82 Å². The van der Waals surface area contributed by atoms with Crippen molar-refractivity contribution in [1.29, 1.82) is 0 Å². The third kappa shape index (κ3) is 4.99. The second-order valence-corrected chi connectivity index (χ2v) is 6.86.